The lowest BCUT2D eigenvalue weighted by molar-refractivity contribution is 0.1000. The number of rotatable bonds is 5. The molecule has 1 fully saturated rings. The number of piperidine rings is 1. The van der Waals surface area contributed by atoms with Crippen molar-refractivity contribution in [3.63, 3.8) is 0 Å². The van der Waals surface area contributed by atoms with Crippen LogP contribution in [0.3, 0.4) is 0 Å². The van der Waals surface area contributed by atoms with Crippen molar-refractivity contribution in [2.45, 2.75) is 19.4 Å². The van der Waals surface area contributed by atoms with Gasteiger partial charge < -0.3 is 16.0 Å². The third-order valence-corrected chi connectivity index (χ3v) is 5.10. The van der Waals surface area contributed by atoms with Crippen LogP contribution in [0.1, 0.15) is 28.8 Å². The van der Waals surface area contributed by atoms with Crippen molar-refractivity contribution in [2.24, 2.45) is 11.7 Å². The first-order valence-corrected chi connectivity index (χ1v) is 9.90. The molecule has 24 heavy (non-hydrogen) atoms. The molecule has 8 heteroatoms. The molecule has 0 spiro atoms. The van der Waals surface area contributed by atoms with Crippen molar-refractivity contribution >= 4 is 21.8 Å². The molecule has 0 radical (unpaired) electrons. The van der Waals surface area contributed by atoms with E-state index in [0.29, 0.717) is 25.2 Å². The van der Waals surface area contributed by atoms with Crippen LogP contribution in [-0.4, -0.2) is 50.4 Å². The van der Waals surface area contributed by atoms with Crippen molar-refractivity contribution in [1.29, 1.82) is 0 Å². The Morgan fingerprint density at radius 1 is 1.29 bits per heavy atom. The summed E-state index contributed by atoms with van der Waals surface area (Å²) in [5.41, 5.74) is 6.46. The van der Waals surface area contributed by atoms with Crippen LogP contribution in [-0.2, 0) is 16.4 Å². The van der Waals surface area contributed by atoms with Crippen LogP contribution in [0.2, 0.25) is 0 Å². The summed E-state index contributed by atoms with van der Waals surface area (Å²) < 4.78 is 22.8. The standard InChI is InChI=1S/C16H23N3O4S/c1-24(22,23)11-13-3-2-8-19(10-13)16(21)18-9-12-4-6-14(7-5-12)15(17)20/h4-7,13H,2-3,8-11H2,1H3,(H2,17,20)(H,18,21)/t13-/m0/s1. The van der Waals surface area contributed by atoms with E-state index in [1.807, 2.05) is 0 Å². The number of nitrogens with one attached hydrogen (secondary N) is 1. The lowest BCUT2D eigenvalue weighted by Crippen LogP contribution is -2.46. The Morgan fingerprint density at radius 3 is 2.54 bits per heavy atom. The van der Waals surface area contributed by atoms with Crippen molar-refractivity contribution < 1.29 is 18.0 Å². The minimum absolute atomic E-state index is 0.00523. The van der Waals surface area contributed by atoms with Gasteiger partial charge in [0.25, 0.3) is 0 Å². The molecule has 1 heterocycles. The molecule has 0 saturated carbocycles. The molecule has 1 saturated heterocycles. The van der Waals surface area contributed by atoms with Crippen molar-refractivity contribution in [3.05, 3.63) is 35.4 Å². The molecule has 0 aliphatic carbocycles. The van der Waals surface area contributed by atoms with E-state index < -0.39 is 15.7 Å². The number of carbonyl (C=O) groups excluding carboxylic acids is 2. The molecule has 132 valence electrons. The van der Waals surface area contributed by atoms with E-state index in [1.54, 1.807) is 29.2 Å². The number of primary amides is 1. The Labute approximate surface area is 142 Å². The van der Waals surface area contributed by atoms with Gasteiger partial charge in [-0.2, -0.15) is 0 Å². The zero-order chi connectivity index (χ0) is 17.7. The zero-order valence-electron chi connectivity index (χ0n) is 13.7. The Kier molecular flexibility index (Phi) is 5.82. The van der Waals surface area contributed by atoms with Crippen LogP contribution in [0, 0.1) is 5.92 Å². The first-order chi connectivity index (χ1) is 11.2. The van der Waals surface area contributed by atoms with E-state index >= 15 is 0 Å². The third-order valence-electron chi connectivity index (χ3n) is 4.03. The summed E-state index contributed by atoms with van der Waals surface area (Å²) in [6.07, 6.45) is 2.86. The molecule has 1 aromatic rings. The van der Waals surface area contributed by atoms with Crippen molar-refractivity contribution in [3.8, 4) is 0 Å². The van der Waals surface area contributed by atoms with E-state index in [-0.39, 0.29) is 17.7 Å². The van der Waals surface area contributed by atoms with E-state index in [2.05, 4.69) is 5.32 Å². The van der Waals surface area contributed by atoms with Gasteiger partial charge in [-0.3, -0.25) is 4.79 Å². The number of carbonyl (C=O) groups is 2. The maximum Gasteiger partial charge on any atom is 0.317 e. The highest BCUT2D eigenvalue weighted by atomic mass is 32.2. The van der Waals surface area contributed by atoms with Crippen molar-refractivity contribution in [2.75, 3.05) is 25.1 Å². The molecule has 1 atom stereocenters. The zero-order valence-corrected chi connectivity index (χ0v) is 14.5. The second-order valence-electron chi connectivity index (χ2n) is 6.27. The van der Waals surface area contributed by atoms with Gasteiger partial charge in [0, 0.05) is 31.5 Å². The van der Waals surface area contributed by atoms with Gasteiger partial charge >= 0.3 is 6.03 Å². The summed E-state index contributed by atoms with van der Waals surface area (Å²) in [5, 5.41) is 2.82. The summed E-state index contributed by atoms with van der Waals surface area (Å²) in [4.78, 5) is 24.9. The lowest BCUT2D eigenvalue weighted by Gasteiger charge is -2.32. The molecule has 1 aliphatic heterocycles. The number of sulfone groups is 1. The Hall–Kier alpha value is -2.09. The molecular formula is C16H23N3O4S. The average molecular weight is 353 g/mol. The number of hydrogen-bond donors (Lipinski definition) is 2. The van der Waals surface area contributed by atoms with Crippen molar-refractivity contribution in [1.82, 2.24) is 10.2 Å². The topological polar surface area (TPSA) is 110 Å². The molecule has 7 nitrogen and oxygen atoms in total. The molecule has 1 aromatic carbocycles. The maximum absolute atomic E-state index is 12.2. The van der Waals surface area contributed by atoms with E-state index in [1.165, 1.54) is 6.26 Å². The lowest BCUT2D eigenvalue weighted by atomic mass is 10.0. The molecular weight excluding hydrogens is 330 g/mol. The number of amides is 3. The number of hydrogen-bond acceptors (Lipinski definition) is 4. The summed E-state index contributed by atoms with van der Waals surface area (Å²) in [6.45, 7) is 1.43. The van der Waals surface area contributed by atoms with Crippen LogP contribution in [0.4, 0.5) is 4.79 Å². The second-order valence-corrected chi connectivity index (χ2v) is 8.45. The van der Waals surface area contributed by atoms with Crippen LogP contribution >= 0.6 is 0 Å². The fourth-order valence-corrected chi connectivity index (χ4v) is 4.02. The highest BCUT2D eigenvalue weighted by Gasteiger charge is 2.25. The molecule has 0 aromatic heterocycles. The SMILES string of the molecule is CS(=O)(=O)C[C@H]1CCCN(C(=O)NCc2ccc(C(N)=O)cc2)C1. The highest BCUT2D eigenvalue weighted by molar-refractivity contribution is 7.90. The van der Waals surface area contributed by atoms with E-state index in [0.717, 1.165) is 18.4 Å². The summed E-state index contributed by atoms with van der Waals surface area (Å²) in [7, 11) is -3.04. The molecule has 2 rings (SSSR count). The number of nitrogens with two attached hydrogens (primary N) is 1. The Balaban J connectivity index is 1.86. The van der Waals surface area contributed by atoms with E-state index in [4.69, 9.17) is 5.73 Å². The molecule has 3 N–H and O–H groups in total. The summed E-state index contributed by atoms with van der Waals surface area (Å²) in [6, 6.07) is 6.51. The van der Waals surface area contributed by atoms with Crippen LogP contribution in [0.5, 0.6) is 0 Å². The van der Waals surface area contributed by atoms with Gasteiger partial charge in [0.05, 0.1) is 5.75 Å². The van der Waals surface area contributed by atoms with Crippen LogP contribution in [0.25, 0.3) is 0 Å². The summed E-state index contributed by atoms with van der Waals surface area (Å²) in [5.74, 6) is -0.379. The molecule has 0 bridgehead atoms. The van der Waals surface area contributed by atoms with Gasteiger partial charge in [0.2, 0.25) is 5.91 Å². The normalized spacial score (nSPS) is 18.2. The Bertz CT molecular complexity index is 701. The van der Waals surface area contributed by atoms with Gasteiger partial charge in [-0.15, -0.1) is 0 Å². The summed E-state index contributed by atoms with van der Waals surface area (Å²) >= 11 is 0. The average Bonchev–Trinajstić information content (AvgIpc) is 2.51. The number of nitrogens with zero attached hydrogens (tertiary/aromatic N) is 1. The predicted molar refractivity (Wildman–Crippen MR) is 91.2 cm³/mol. The fraction of sp³-hybridized carbons (Fsp3) is 0.500. The van der Waals surface area contributed by atoms with Crippen LogP contribution < -0.4 is 11.1 Å². The van der Waals surface area contributed by atoms with Gasteiger partial charge in [0.1, 0.15) is 9.84 Å². The van der Waals surface area contributed by atoms with E-state index in [9.17, 15) is 18.0 Å². The third kappa shape index (κ3) is 5.52. The van der Waals surface area contributed by atoms with Gasteiger partial charge in [-0.05, 0) is 36.5 Å². The van der Waals surface area contributed by atoms with Crippen LogP contribution in [0.15, 0.2) is 24.3 Å². The first kappa shape index (κ1) is 18.3. The largest absolute Gasteiger partial charge is 0.366 e. The number of benzene rings is 1. The molecule has 0 unspecified atom stereocenters. The van der Waals surface area contributed by atoms with Gasteiger partial charge in [-0.25, -0.2) is 13.2 Å². The predicted octanol–water partition coefficient (Wildman–Crippen LogP) is 0.752. The second kappa shape index (κ2) is 7.65. The highest BCUT2D eigenvalue weighted by Crippen LogP contribution is 2.18. The Morgan fingerprint density at radius 2 is 1.96 bits per heavy atom. The minimum Gasteiger partial charge on any atom is -0.366 e. The molecule has 1 aliphatic rings. The minimum atomic E-state index is -3.04. The quantitative estimate of drug-likeness (QED) is 0.814. The monoisotopic (exact) mass is 353 g/mol. The number of likely N-dealkylation sites (tertiary alicyclic amines) is 1. The number of urea groups is 1. The van der Waals surface area contributed by atoms with Gasteiger partial charge in [-0.1, -0.05) is 12.1 Å². The smallest absolute Gasteiger partial charge is 0.317 e. The molecule has 3 amide bonds. The maximum atomic E-state index is 12.2. The van der Waals surface area contributed by atoms with Gasteiger partial charge in [0.15, 0.2) is 0 Å². The first-order valence-electron chi connectivity index (χ1n) is 7.84. The fourth-order valence-electron chi connectivity index (χ4n) is 2.89.